The molecule has 0 saturated carbocycles. The lowest BCUT2D eigenvalue weighted by molar-refractivity contribution is -0.133. The highest BCUT2D eigenvalue weighted by atomic mass is 19.1. The van der Waals surface area contributed by atoms with E-state index >= 15 is 0 Å². The number of hydrazine groups is 1. The van der Waals surface area contributed by atoms with Crippen LogP contribution in [0, 0.1) is 11.7 Å². The Kier molecular flexibility index (Phi) is 7.14. The summed E-state index contributed by atoms with van der Waals surface area (Å²) in [4.78, 5) is 36.5. The lowest BCUT2D eigenvalue weighted by Crippen LogP contribution is -2.55. The lowest BCUT2D eigenvalue weighted by atomic mass is 10.0. The molecule has 0 unspecified atom stereocenters. The van der Waals surface area contributed by atoms with Crippen LogP contribution in [0.4, 0.5) is 4.39 Å². The van der Waals surface area contributed by atoms with Gasteiger partial charge in [0, 0.05) is 0 Å². The molecule has 8 nitrogen and oxygen atoms in total. The van der Waals surface area contributed by atoms with Crippen molar-refractivity contribution in [2.75, 3.05) is 0 Å². The number of nitrogens with one attached hydrogen (secondary N) is 3. The van der Waals surface area contributed by atoms with Crippen LogP contribution in [0.25, 0.3) is 0 Å². The standard InChI is InChI=1S/C19H22FN3O5/c1-11(2)16(21-18(25)15-9-6-10-27-15)19(26)23-22-17(24)12(3)28-14-8-5-4-7-13(14)20/h4-12,16H,1-3H3,(H,21,25)(H,22,24)(H,23,26)/t12-,16-/m0/s1. The van der Waals surface area contributed by atoms with Gasteiger partial charge in [-0.1, -0.05) is 26.0 Å². The molecule has 0 spiro atoms. The monoisotopic (exact) mass is 391 g/mol. The van der Waals surface area contributed by atoms with Gasteiger partial charge in [0.15, 0.2) is 23.4 Å². The minimum Gasteiger partial charge on any atom is -0.478 e. The fourth-order valence-corrected chi connectivity index (χ4v) is 2.24. The number of hydrogen-bond donors (Lipinski definition) is 3. The maximum Gasteiger partial charge on any atom is 0.287 e. The Morgan fingerprint density at radius 3 is 2.29 bits per heavy atom. The number of ether oxygens (including phenoxy) is 1. The zero-order chi connectivity index (χ0) is 20.7. The van der Waals surface area contributed by atoms with Crippen LogP contribution in [-0.4, -0.2) is 29.9 Å². The molecule has 0 aliphatic rings. The first kappa shape index (κ1) is 20.9. The SMILES string of the molecule is CC(C)[C@H](NC(=O)c1ccco1)C(=O)NNC(=O)[C@H](C)Oc1ccccc1F. The Bertz CT molecular complexity index is 823. The van der Waals surface area contributed by atoms with Crippen LogP contribution in [0.15, 0.2) is 47.1 Å². The highest BCUT2D eigenvalue weighted by Gasteiger charge is 2.26. The van der Waals surface area contributed by atoms with Crippen molar-refractivity contribution in [3.05, 3.63) is 54.2 Å². The first-order chi connectivity index (χ1) is 13.3. The third-order valence-electron chi connectivity index (χ3n) is 3.80. The number of para-hydroxylation sites is 1. The molecule has 3 N–H and O–H groups in total. The quantitative estimate of drug-likeness (QED) is 0.624. The number of halogens is 1. The van der Waals surface area contributed by atoms with Crippen molar-refractivity contribution in [2.45, 2.75) is 32.9 Å². The summed E-state index contributed by atoms with van der Waals surface area (Å²) >= 11 is 0. The molecule has 1 aromatic carbocycles. The molecule has 1 heterocycles. The van der Waals surface area contributed by atoms with Gasteiger partial charge in [0.25, 0.3) is 17.7 Å². The van der Waals surface area contributed by atoms with E-state index in [1.54, 1.807) is 26.0 Å². The van der Waals surface area contributed by atoms with Crippen molar-refractivity contribution < 1.29 is 27.9 Å². The molecule has 9 heteroatoms. The molecule has 1 aromatic heterocycles. The van der Waals surface area contributed by atoms with E-state index in [9.17, 15) is 18.8 Å². The Balaban J connectivity index is 1.89. The van der Waals surface area contributed by atoms with Gasteiger partial charge in [-0.25, -0.2) is 4.39 Å². The van der Waals surface area contributed by atoms with E-state index in [-0.39, 0.29) is 17.4 Å². The Hall–Kier alpha value is -3.36. The second-order valence-corrected chi connectivity index (χ2v) is 6.34. The Labute approximate surface area is 161 Å². The van der Waals surface area contributed by atoms with Gasteiger partial charge in [0.2, 0.25) is 0 Å². The zero-order valence-electron chi connectivity index (χ0n) is 15.7. The van der Waals surface area contributed by atoms with Gasteiger partial charge in [0.05, 0.1) is 6.26 Å². The summed E-state index contributed by atoms with van der Waals surface area (Å²) in [5.74, 6) is -2.74. The summed E-state index contributed by atoms with van der Waals surface area (Å²) in [6, 6.07) is 7.76. The Morgan fingerprint density at radius 1 is 1.00 bits per heavy atom. The molecule has 0 aliphatic heterocycles. The maximum atomic E-state index is 13.6. The second kappa shape index (κ2) is 9.54. The van der Waals surface area contributed by atoms with Gasteiger partial charge in [0.1, 0.15) is 6.04 Å². The van der Waals surface area contributed by atoms with Crippen molar-refractivity contribution in [3.8, 4) is 5.75 Å². The highest BCUT2D eigenvalue weighted by Crippen LogP contribution is 2.16. The predicted molar refractivity (Wildman–Crippen MR) is 97.6 cm³/mol. The fourth-order valence-electron chi connectivity index (χ4n) is 2.24. The summed E-state index contributed by atoms with van der Waals surface area (Å²) in [5.41, 5.74) is 4.44. The minimum absolute atomic E-state index is 0.0643. The van der Waals surface area contributed by atoms with Crippen LogP contribution < -0.4 is 20.9 Å². The number of furan rings is 1. The average molecular weight is 391 g/mol. The van der Waals surface area contributed by atoms with Crippen LogP contribution in [0.1, 0.15) is 31.3 Å². The predicted octanol–water partition coefficient (Wildman–Crippen LogP) is 1.79. The highest BCUT2D eigenvalue weighted by molar-refractivity contribution is 5.96. The number of hydrogen-bond acceptors (Lipinski definition) is 5. The average Bonchev–Trinajstić information content (AvgIpc) is 3.20. The van der Waals surface area contributed by atoms with Crippen molar-refractivity contribution in [1.82, 2.24) is 16.2 Å². The largest absolute Gasteiger partial charge is 0.478 e. The molecule has 3 amide bonds. The third kappa shape index (κ3) is 5.57. The molecule has 28 heavy (non-hydrogen) atoms. The van der Waals surface area contributed by atoms with Crippen LogP contribution >= 0.6 is 0 Å². The van der Waals surface area contributed by atoms with Crippen molar-refractivity contribution in [1.29, 1.82) is 0 Å². The molecule has 2 atom stereocenters. The molecule has 0 fully saturated rings. The number of carbonyl (C=O) groups is 3. The number of benzene rings is 1. The first-order valence-corrected chi connectivity index (χ1v) is 8.65. The fraction of sp³-hybridized carbons (Fsp3) is 0.316. The molecule has 0 bridgehead atoms. The summed E-state index contributed by atoms with van der Waals surface area (Å²) < 4.78 is 23.8. The molecule has 0 aliphatic carbocycles. The van der Waals surface area contributed by atoms with Crippen molar-refractivity contribution in [3.63, 3.8) is 0 Å². The molecular weight excluding hydrogens is 369 g/mol. The maximum absolute atomic E-state index is 13.6. The van der Waals surface area contributed by atoms with Crippen molar-refractivity contribution >= 4 is 17.7 Å². The van der Waals surface area contributed by atoms with Gasteiger partial charge >= 0.3 is 0 Å². The van der Waals surface area contributed by atoms with E-state index in [4.69, 9.17) is 9.15 Å². The molecule has 0 saturated heterocycles. The number of rotatable bonds is 7. The number of amides is 3. The second-order valence-electron chi connectivity index (χ2n) is 6.34. The van der Waals surface area contributed by atoms with Crippen LogP contribution in [0.3, 0.4) is 0 Å². The molecular formula is C19H22FN3O5. The van der Waals surface area contributed by atoms with Crippen LogP contribution in [-0.2, 0) is 9.59 Å². The van der Waals surface area contributed by atoms with E-state index in [2.05, 4.69) is 16.2 Å². The molecule has 2 aromatic rings. The normalized spacial score (nSPS) is 12.8. The van der Waals surface area contributed by atoms with Gasteiger partial charge in [-0.3, -0.25) is 25.2 Å². The molecule has 0 radical (unpaired) electrons. The van der Waals surface area contributed by atoms with Gasteiger partial charge in [-0.2, -0.15) is 0 Å². The van der Waals surface area contributed by atoms with Crippen LogP contribution in [0.2, 0.25) is 0 Å². The topological polar surface area (TPSA) is 110 Å². The smallest absolute Gasteiger partial charge is 0.287 e. The Morgan fingerprint density at radius 2 is 1.68 bits per heavy atom. The lowest BCUT2D eigenvalue weighted by Gasteiger charge is -2.22. The van der Waals surface area contributed by atoms with E-state index in [1.165, 1.54) is 37.5 Å². The van der Waals surface area contributed by atoms with Crippen LogP contribution in [0.5, 0.6) is 5.75 Å². The number of carbonyl (C=O) groups excluding carboxylic acids is 3. The van der Waals surface area contributed by atoms with Gasteiger partial charge in [-0.05, 0) is 37.1 Å². The van der Waals surface area contributed by atoms with Crippen molar-refractivity contribution in [2.24, 2.45) is 5.92 Å². The summed E-state index contributed by atoms with van der Waals surface area (Å²) in [6.07, 6.45) is 0.281. The van der Waals surface area contributed by atoms with Gasteiger partial charge < -0.3 is 14.5 Å². The summed E-state index contributed by atoms with van der Waals surface area (Å²) in [5, 5.41) is 2.54. The summed E-state index contributed by atoms with van der Waals surface area (Å²) in [7, 11) is 0. The first-order valence-electron chi connectivity index (χ1n) is 8.65. The van der Waals surface area contributed by atoms with Gasteiger partial charge in [-0.15, -0.1) is 0 Å². The molecule has 150 valence electrons. The zero-order valence-corrected chi connectivity index (χ0v) is 15.7. The molecule has 2 rings (SSSR count). The van der Waals surface area contributed by atoms with E-state index in [1.807, 2.05) is 0 Å². The van der Waals surface area contributed by atoms with E-state index in [0.717, 1.165) is 0 Å². The minimum atomic E-state index is -1.06. The van der Waals surface area contributed by atoms with E-state index in [0.29, 0.717) is 0 Å². The third-order valence-corrected chi connectivity index (χ3v) is 3.80. The summed E-state index contributed by atoms with van der Waals surface area (Å²) in [6.45, 7) is 4.88. The van der Waals surface area contributed by atoms with E-state index < -0.39 is 35.7 Å².